The van der Waals surface area contributed by atoms with E-state index in [2.05, 4.69) is 27.4 Å². The highest BCUT2D eigenvalue weighted by molar-refractivity contribution is 6.05. The number of rotatable bonds is 4. The van der Waals surface area contributed by atoms with Crippen LogP contribution in [0, 0.1) is 0 Å². The SMILES string of the molecule is O=C(NCCN1CCC(n2c(=O)[nH]c3ccccc32)CC1)N1c2ccccc2C=Cc2ccccc21.O=C(O)C(F)(F)F. The van der Waals surface area contributed by atoms with Gasteiger partial charge in [0.1, 0.15) is 0 Å². The lowest BCUT2D eigenvalue weighted by Gasteiger charge is -2.32. The van der Waals surface area contributed by atoms with Gasteiger partial charge in [0.25, 0.3) is 0 Å². The molecule has 0 spiro atoms. The van der Waals surface area contributed by atoms with E-state index in [4.69, 9.17) is 9.90 Å². The number of aromatic nitrogens is 2. The smallest absolute Gasteiger partial charge is 0.475 e. The van der Waals surface area contributed by atoms with Crippen LogP contribution in [0.2, 0.25) is 0 Å². The van der Waals surface area contributed by atoms with Crippen molar-refractivity contribution in [3.05, 3.63) is 94.4 Å². The molecule has 0 atom stereocenters. The van der Waals surface area contributed by atoms with E-state index in [1.165, 1.54) is 0 Å². The van der Waals surface area contributed by atoms with Crippen molar-refractivity contribution in [2.75, 3.05) is 31.1 Å². The fraction of sp³-hybridized carbons (Fsp3) is 0.258. The van der Waals surface area contributed by atoms with Gasteiger partial charge < -0.3 is 20.3 Å². The Morgan fingerprint density at radius 3 is 2.00 bits per heavy atom. The summed E-state index contributed by atoms with van der Waals surface area (Å²) in [5, 5.41) is 10.3. The Hall–Kier alpha value is -4.84. The van der Waals surface area contributed by atoms with Crippen molar-refractivity contribution in [3.8, 4) is 0 Å². The van der Waals surface area contributed by atoms with E-state index >= 15 is 0 Å². The highest BCUT2D eigenvalue weighted by Crippen LogP contribution is 2.36. The van der Waals surface area contributed by atoms with Crippen LogP contribution >= 0.6 is 0 Å². The van der Waals surface area contributed by atoms with Gasteiger partial charge in [0, 0.05) is 32.2 Å². The lowest BCUT2D eigenvalue weighted by Crippen LogP contribution is -2.44. The number of likely N-dealkylation sites (tertiary alicyclic amines) is 1. The number of urea groups is 1. The second-order valence-electron chi connectivity index (χ2n) is 10.2. The first-order chi connectivity index (χ1) is 20.6. The lowest BCUT2D eigenvalue weighted by molar-refractivity contribution is -0.192. The largest absolute Gasteiger partial charge is 0.490 e. The third kappa shape index (κ3) is 6.64. The maximum atomic E-state index is 13.4. The van der Waals surface area contributed by atoms with Gasteiger partial charge in [-0.25, -0.2) is 14.4 Å². The summed E-state index contributed by atoms with van der Waals surface area (Å²) < 4.78 is 33.6. The van der Waals surface area contributed by atoms with Gasteiger partial charge in [-0.15, -0.1) is 0 Å². The molecule has 3 aromatic carbocycles. The van der Waals surface area contributed by atoms with Crippen molar-refractivity contribution in [1.82, 2.24) is 19.8 Å². The van der Waals surface area contributed by atoms with Crippen LogP contribution in [0.5, 0.6) is 0 Å². The van der Waals surface area contributed by atoms with Crippen LogP contribution in [-0.2, 0) is 4.79 Å². The Kier molecular flexibility index (Phi) is 8.67. The summed E-state index contributed by atoms with van der Waals surface area (Å²) in [6, 6.07) is 23.9. The number of alkyl halides is 3. The van der Waals surface area contributed by atoms with Gasteiger partial charge in [-0.2, -0.15) is 13.2 Å². The summed E-state index contributed by atoms with van der Waals surface area (Å²) >= 11 is 0. The minimum Gasteiger partial charge on any atom is -0.475 e. The van der Waals surface area contributed by atoms with E-state index in [9.17, 15) is 22.8 Å². The number of fused-ring (bicyclic) bond motifs is 3. The highest BCUT2D eigenvalue weighted by Gasteiger charge is 2.38. The molecule has 1 aromatic heterocycles. The van der Waals surface area contributed by atoms with Crippen molar-refractivity contribution in [2.24, 2.45) is 0 Å². The van der Waals surface area contributed by atoms with Crippen molar-refractivity contribution < 1.29 is 27.9 Å². The summed E-state index contributed by atoms with van der Waals surface area (Å²) in [6.45, 7) is 3.12. The number of aromatic amines is 1. The number of hydrogen-bond donors (Lipinski definition) is 3. The first-order valence-electron chi connectivity index (χ1n) is 13.8. The molecule has 0 bridgehead atoms. The molecular formula is C31H30F3N5O4. The Morgan fingerprint density at radius 2 is 1.42 bits per heavy atom. The molecule has 2 aliphatic heterocycles. The van der Waals surface area contributed by atoms with Crippen LogP contribution < -0.4 is 15.9 Å². The van der Waals surface area contributed by atoms with Gasteiger partial charge in [-0.3, -0.25) is 9.47 Å². The monoisotopic (exact) mass is 593 g/mol. The fourth-order valence-electron chi connectivity index (χ4n) is 5.43. The molecule has 0 radical (unpaired) electrons. The van der Waals surface area contributed by atoms with E-state index in [1.807, 2.05) is 77.4 Å². The normalized spacial score (nSPS) is 15.2. The molecule has 0 saturated carbocycles. The standard InChI is InChI=1S/C29H29N5O2.C2HF3O2/c35-28(34-25-10-4-1-7-21(25)13-14-22-8-2-5-11-26(22)34)30-17-20-32-18-15-23(16-19-32)33-27-12-6-3-9-24(27)31-29(33)36;3-2(4,5)1(6)7/h1-14,23H,15-20H2,(H,30,35)(H,31,36);(H,6,7). The number of para-hydroxylation sites is 4. The number of imidazole rings is 1. The zero-order valence-electron chi connectivity index (χ0n) is 23.1. The van der Waals surface area contributed by atoms with Crippen LogP contribution in [-0.4, -0.2) is 63.9 Å². The van der Waals surface area contributed by atoms with Gasteiger partial charge in [0.2, 0.25) is 0 Å². The molecule has 3 heterocycles. The molecule has 224 valence electrons. The van der Waals surface area contributed by atoms with Gasteiger partial charge in [0.15, 0.2) is 0 Å². The third-order valence-electron chi connectivity index (χ3n) is 7.49. The molecule has 2 amide bonds. The van der Waals surface area contributed by atoms with E-state index in [1.54, 1.807) is 4.90 Å². The van der Waals surface area contributed by atoms with Gasteiger partial charge in [0.05, 0.1) is 22.4 Å². The van der Waals surface area contributed by atoms with Crippen LogP contribution in [0.3, 0.4) is 0 Å². The maximum Gasteiger partial charge on any atom is 0.490 e. The molecule has 9 nitrogen and oxygen atoms in total. The number of benzene rings is 3. The summed E-state index contributed by atoms with van der Waals surface area (Å²) in [4.78, 5) is 42.0. The minimum absolute atomic E-state index is 0.0329. The van der Waals surface area contributed by atoms with Crippen LogP contribution in [0.25, 0.3) is 23.2 Å². The number of H-pyrrole nitrogens is 1. The number of amides is 2. The minimum atomic E-state index is -5.08. The molecule has 4 aromatic rings. The third-order valence-corrected chi connectivity index (χ3v) is 7.49. The van der Waals surface area contributed by atoms with Gasteiger partial charge >= 0.3 is 23.9 Å². The van der Waals surface area contributed by atoms with Crippen molar-refractivity contribution in [2.45, 2.75) is 25.1 Å². The summed E-state index contributed by atoms with van der Waals surface area (Å²) in [5.41, 5.74) is 5.61. The van der Waals surface area contributed by atoms with Crippen LogP contribution in [0.15, 0.2) is 77.6 Å². The Morgan fingerprint density at radius 1 is 0.884 bits per heavy atom. The van der Waals surface area contributed by atoms with E-state index in [0.29, 0.717) is 6.54 Å². The molecule has 0 aliphatic carbocycles. The first-order valence-corrected chi connectivity index (χ1v) is 13.8. The molecule has 6 rings (SSSR count). The molecule has 43 heavy (non-hydrogen) atoms. The molecule has 0 unspecified atom stereocenters. The lowest BCUT2D eigenvalue weighted by atomic mass is 10.0. The first kappa shape index (κ1) is 29.6. The summed E-state index contributed by atoms with van der Waals surface area (Å²) in [6.07, 6.45) is 0.859. The highest BCUT2D eigenvalue weighted by atomic mass is 19.4. The molecular weight excluding hydrogens is 563 g/mol. The molecule has 12 heteroatoms. The number of anilines is 2. The zero-order chi connectivity index (χ0) is 30.6. The number of carboxylic acids is 1. The van der Waals surface area contributed by atoms with Gasteiger partial charge in [-0.1, -0.05) is 60.7 Å². The topological polar surface area (TPSA) is 111 Å². The Labute approximate surface area is 244 Å². The number of nitrogens with zero attached hydrogens (tertiary/aromatic N) is 3. The van der Waals surface area contributed by atoms with E-state index < -0.39 is 12.1 Å². The quantitative estimate of drug-likeness (QED) is 0.284. The predicted molar refractivity (Wildman–Crippen MR) is 158 cm³/mol. The van der Waals surface area contributed by atoms with E-state index in [-0.39, 0.29) is 17.8 Å². The van der Waals surface area contributed by atoms with Crippen molar-refractivity contribution in [1.29, 1.82) is 0 Å². The number of halogens is 3. The molecule has 1 fully saturated rings. The predicted octanol–water partition coefficient (Wildman–Crippen LogP) is 5.63. The second-order valence-corrected chi connectivity index (χ2v) is 10.2. The maximum absolute atomic E-state index is 13.4. The van der Waals surface area contributed by atoms with Gasteiger partial charge in [-0.05, 0) is 48.2 Å². The van der Waals surface area contributed by atoms with Crippen molar-refractivity contribution in [3.63, 3.8) is 0 Å². The molecule has 2 aliphatic rings. The summed E-state index contributed by atoms with van der Waals surface area (Å²) in [7, 11) is 0. The number of carbonyl (C=O) groups excluding carboxylic acids is 1. The average molecular weight is 594 g/mol. The Bertz CT molecular complexity index is 1650. The van der Waals surface area contributed by atoms with Crippen LogP contribution in [0.4, 0.5) is 29.3 Å². The summed E-state index contributed by atoms with van der Waals surface area (Å²) in [5.74, 6) is -2.76. The number of carbonyl (C=O) groups is 2. The number of aliphatic carboxylic acids is 1. The number of carboxylic acid groups (broad SMARTS) is 1. The van der Waals surface area contributed by atoms with Crippen molar-refractivity contribution >= 4 is 46.6 Å². The molecule has 1 saturated heterocycles. The number of hydrogen-bond acceptors (Lipinski definition) is 4. The Balaban J connectivity index is 0.000000472. The fourth-order valence-corrected chi connectivity index (χ4v) is 5.43. The average Bonchev–Trinajstić information content (AvgIpc) is 3.23. The second kappa shape index (κ2) is 12.6. The zero-order valence-corrected chi connectivity index (χ0v) is 23.1. The molecule has 3 N–H and O–H groups in total. The number of nitrogens with one attached hydrogen (secondary N) is 2. The number of piperidine rings is 1. The van der Waals surface area contributed by atoms with E-state index in [0.717, 1.165) is 66.0 Å². The van der Waals surface area contributed by atoms with Crippen LogP contribution in [0.1, 0.15) is 30.0 Å².